The summed E-state index contributed by atoms with van der Waals surface area (Å²) in [6, 6.07) is 5.80. The van der Waals surface area contributed by atoms with Crippen LogP contribution in [0.25, 0.3) is 0 Å². The first kappa shape index (κ1) is 29.5. The number of amides is 1. The molecule has 3 saturated heterocycles. The molecule has 6 rings (SSSR count). The number of benzene rings is 1. The number of para-hydroxylation sites is 1. The minimum absolute atomic E-state index is 0.129. The average Bonchev–Trinajstić information content (AvgIpc) is 3.41. The summed E-state index contributed by atoms with van der Waals surface area (Å²) in [7, 11) is 1.94. The van der Waals surface area contributed by atoms with Crippen molar-refractivity contribution in [2.75, 3.05) is 18.9 Å². The van der Waals surface area contributed by atoms with Gasteiger partial charge in [-0.15, -0.1) is 0 Å². The van der Waals surface area contributed by atoms with Gasteiger partial charge in [0.15, 0.2) is 5.78 Å². The van der Waals surface area contributed by atoms with Crippen LogP contribution in [0.2, 0.25) is 0 Å². The molecule has 42 heavy (non-hydrogen) atoms. The zero-order chi connectivity index (χ0) is 30.2. The van der Waals surface area contributed by atoms with Crippen LogP contribution >= 0.6 is 0 Å². The summed E-state index contributed by atoms with van der Waals surface area (Å²) >= 11 is 0. The first-order chi connectivity index (χ1) is 19.9. The molecule has 0 aromatic heterocycles. The Labute approximate surface area is 248 Å². The maximum Gasteiger partial charge on any atom is 0.306 e. The average molecular weight is 580 g/mol. The van der Waals surface area contributed by atoms with Crippen LogP contribution < -0.4 is 10.6 Å². The molecule has 0 unspecified atom stereocenters. The highest BCUT2D eigenvalue weighted by molar-refractivity contribution is 6.16. The van der Waals surface area contributed by atoms with Gasteiger partial charge in [0.1, 0.15) is 18.5 Å². The number of epoxide rings is 1. The lowest BCUT2D eigenvalue weighted by atomic mass is 9.59. The van der Waals surface area contributed by atoms with Gasteiger partial charge in [0, 0.05) is 48.0 Å². The van der Waals surface area contributed by atoms with Crippen molar-refractivity contribution in [3.05, 3.63) is 29.3 Å². The van der Waals surface area contributed by atoms with Crippen molar-refractivity contribution in [2.45, 2.75) is 120 Å². The second kappa shape index (κ2) is 9.96. The molecular formula is C33H45N3O6. The highest BCUT2D eigenvalue weighted by Crippen LogP contribution is 2.67. The van der Waals surface area contributed by atoms with Crippen molar-refractivity contribution in [1.82, 2.24) is 10.2 Å². The number of hydrogen-bond acceptors (Lipinski definition) is 8. The first-order valence-electron chi connectivity index (χ1n) is 15.6. The van der Waals surface area contributed by atoms with E-state index >= 15 is 0 Å². The Morgan fingerprint density at radius 1 is 1.21 bits per heavy atom. The summed E-state index contributed by atoms with van der Waals surface area (Å²) in [5, 5.41) is 6.69. The van der Waals surface area contributed by atoms with E-state index in [2.05, 4.69) is 29.4 Å². The van der Waals surface area contributed by atoms with Crippen molar-refractivity contribution in [2.24, 2.45) is 11.3 Å². The minimum atomic E-state index is -1.13. The maximum absolute atomic E-state index is 14.2. The van der Waals surface area contributed by atoms with Crippen molar-refractivity contribution in [1.29, 1.82) is 0 Å². The lowest BCUT2D eigenvalue weighted by Crippen LogP contribution is -2.67. The Morgan fingerprint density at radius 2 is 1.95 bits per heavy atom. The molecule has 4 aliphatic heterocycles. The smallest absolute Gasteiger partial charge is 0.306 e. The fourth-order valence-corrected chi connectivity index (χ4v) is 9.09. The summed E-state index contributed by atoms with van der Waals surface area (Å²) in [6.45, 7) is 10.6. The highest BCUT2D eigenvalue weighted by Gasteiger charge is 2.74. The Hall–Kier alpha value is -2.62. The van der Waals surface area contributed by atoms with Gasteiger partial charge in [-0.05, 0) is 71.0 Å². The number of fused-ring (bicyclic) bond motifs is 4. The molecule has 1 amide bonds. The molecule has 0 bridgehead atoms. The first-order valence-corrected chi connectivity index (χ1v) is 15.6. The lowest BCUT2D eigenvalue weighted by Gasteiger charge is -2.55. The minimum Gasteiger partial charge on any atom is -0.462 e. The summed E-state index contributed by atoms with van der Waals surface area (Å²) in [5.41, 5.74) is -1.49. The quantitative estimate of drug-likeness (QED) is 0.207. The molecule has 1 aliphatic carbocycles. The van der Waals surface area contributed by atoms with Crippen LogP contribution in [0.15, 0.2) is 18.2 Å². The number of esters is 1. The van der Waals surface area contributed by atoms with Gasteiger partial charge in [0.25, 0.3) is 0 Å². The number of aldehydes is 1. The van der Waals surface area contributed by atoms with Gasteiger partial charge >= 0.3 is 5.97 Å². The summed E-state index contributed by atoms with van der Waals surface area (Å²) in [4.78, 5) is 56.0. The molecule has 4 fully saturated rings. The van der Waals surface area contributed by atoms with E-state index in [1.54, 1.807) is 6.07 Å². The Morgan fingerprint density at radius 3 is 2.60 bits per heavy atom. The standard InChI is InChI=1S/C33H45N3O6/c1-7-8-12-25(38)41-21-13-19(2)36-17-32(34-6)16-33(31(5,18-37)24(32)15-20(36)14-21)23-11-9-10-22(26(23)35-29(33)40)27(39)28-30(3,4)42-28/h9-11,18-21,24,28,34H,7-8,12-17H2,1-6H3,(H,35,40)/t19-,20+,21+,24+,28+,31+,32+,33-/m0/s1. The number of nitrogens with zero attached hydrogens (tertiary/aromatic N) is 1. The van der Waals surface area contributed by atoms with E-state index in [0.717, 1.165) is 37.5 Å². The van der Waals surface area contributed by atoms with Crippen LogP contribution in [0.5, 0.6) is 0 Å². The van der Waals surface area contributed by atoms with E-state index in [1.807, 2.05) is 40.0 Å². The van der Waals surface area contributed by atoms with Gasteiger partial charge in [-0.25, -0.2) is 0 Å². The lowest BCUT2D eigenvalue weighted by molar-refractivity contribution is -0.156. The van der Waals surface area contributed by atoms with E-state index in [1.165, 1.54) is 0 Å². The molecule has 1 aromatic rings. The number of nitrogens with one attached hydrogen (secondary N) is 2. The number of likely N-dealkylation sites (N-methyl/N-ethyl adjacent to an activating group) is 1. The molecule has 228 valence electrons. The number of piperidine rings is 2. The van der Waals surface area contributed by atoms with Gasteiger partial charge < -0.3 is 24.9 Å². The number of carbonyl (C=O) groups is 4. The number of Topliss-reactive ketones (excluding diaryl/α,β-unsaturated/α-hetero) is 1. The second-order valence-corrected chi connectivity index (χ2v) is 14.2. The fraction of sp³-hybridized carbons (Fsp3) is 0.697. The van der Waals surface area contributed by atoms with Crippen LogP contribution in [0.1, 0.15) is 95.5 Å². The van der Waals surface area contributed by atoms with Crippen LogP contribution in [-0.2, 0) is 29.3 Å². The Balaban J connectivity index is 1.36. The van der Waals surface area contributed by atoms with Gasteiger partial charge in [0.05, 0.1) is 16.7 Å². The third-order valence-corrected chi connectivity index (χ3v) is 11.5. The number of unbranched alkanes of at least 4 members (excludes halogenated alkanes) is 1. The third kappa shape index (κ3) is 4.06. The molecule has 1 spiro atoms. The van der Waals surface area contributed by atoms with Crippen LogP contribution in [0.4, 0.5) is 5.69 Å². The number of anilines is 1. The van der Waals surface area contributed by atoms with Crippen LogP contribution in [0.3, 0.4) is 0 Å². The molecule has 5 aliphatic rings. The molecule has 4 heterocycles. The fourth-order valence-electron chi connectivity index (χ4n) is 9.09. The number of hydrogen-bond donors (Lipinski definition) is 2. The SMILES string of the molecule is CCCCC(=O)O[C@H]1C[C@@H]2C[C@H]3[C@](NC)(CN2[C@@H](C)C1)C[C@]1(C(=O)Nc2c(C(=O)[C@H]4OC4(C)C)cccc21)[C@]3(C)C=O. The molecule has 2 N–H and O–H groups in total. The van der Waals surface area contributed by atoms with Gasteiger partial charge in [-0.1, -0.05) is 32.4 Å². The van der Waals surface area contributed by atoms with E-state index < -0.39 is 28.1 Å². The third-order valence-electron chi connectivity index (χ3n) is 11.5. The van der Waals surface area contributed by atoms with E-state index in [9.17, 15) is 19.2 Å². The van der Waals surface area contributed by atoms with Crippen molar-refractivity contribution in [3.63, 3.8) is 0 Å². The highest BCUT2D eigenvalue weighted by atomic mass is 16.6. The monoisotopic (exact) mass is 579 g/mol. The number of ketones is 1. The number of rotatable bonds is 8. The zero-order valence-corrected chi connectivity index (χ0v) is 25.7. The molecule has 1 aromatic carbocycles. The molecular weight excluding hydrogens is 534 g/mol. The van der Waals surface area contributed by atoms with Crippen molar-refractivity contribution >= 4 is 29.6 Å². The van der Waals surface area contributed by atoms with E-state index in [4.69, 9.17) is 9.47 Å². The molecule has 1 saturated carbocycles. The van der Waals surface area contributed by atoms with Crippen molar-refractivity contribution in [3.8, 4) is 0 Å². The van der Waals surface area contributed by atoms with Gasteiger partial charge in [0.2, 0.25) is 5.91 Å². The van der Waals surface area contributed by atoms with Gasteiger partial charge in [-0.3, -0.25) is 19.3 Å². The topological polar surface area (TPSA) is 117 Å². The zero-order valence-electron chi connectivity index (χ0n) is 25.7. The molecule has 9 heteroatoms. The van der Waals surface area contributed by atoms with Crippen molar-refractivity contribution < 1.29 is 28.7 Å². The number of ether oxygens (including phenoxy) is 2. The van der Waals surface area contributed by atoms with E-state index in [0.29, 0.717) is 37.1 Å². The van der Waals surface area contributed by atoms with Crippen LogP contribution in [0, 0.1) is 11.3 Å². The molecule has 0 radical (unpaired) electrons. The predicted octanol–water partition coefficient (Wildman–Crippen LogP) is 3.78. The normalized spacial score (nSPS) is 39.7. The van der Waals surface area contributed by atoms with E-state index in [-0.39, 0.29) is 41.8 Å². The summed E-state index contributed by atoms with van der Waals surface area (Å²) in [5.74, 6) is -0.644. The molecule has 9 nitrogen and oxygen atoms in total. The summed E-state index contributed by atoms with van der Waals surface area (Å²) in [6.07, 6.45) is 5.15. The number of carbonyl (C=O) groups excluding carboxylic acids is 4. The second-order valence-electron chi connectivity index (χ2n) is 14.2. The maximum atomic E-state index is 14.2. The predicted molar refractivity (Wildman–Crippen MR) is 157 cm³/mol. The largest absolute Gasteiger partial charge is 0.462 e. The Kier molecular flexibility index (Phi) is 6.98. The van der Waals surface area contributed by atoms with Crippen LogP contribution in [-0.4, -0.2) is 77.9 Å². The summed E-state index contributed by atoms with van der Waals surface area (Å²) < 4.78 is 11.6. The van der Waals surface area contributed by atoms with Gasteiger partial charge in [-0.2, -0.15) is 0 Å². The Bertz CT molecular complexity index is 1330. The molecule has 8 atom stereocenters.